The first-order valence-electron chi connectivity index (χ1n) is 7.81. The molecular weight excluding hydrogens is 326 g/mol. The van der Waals surface area contributed by atoms with Gasteiger partial charge < -0.3 is 4.74 Å². The molecule has 1 aromatic heterocycles. The highest BCUT2D eigenvalue weighted by molar-refractivity contribution is 5.59. The van der Waals surface area contributed by atoms with Crippen LogP contribution >= 0.6 is 0 Å². The molecule has 25 heavy (non-hydrogen) atoms. The number of nitrogens with zero attached hydrogens (tertiary/aromatic N) is 2. The monoisotopic (exact) mass is 342 g/mol. The smallest absolute Gasteiger partial charge is 0.267 e. The van der Waals surface area contributed by atoms with Gasteiger partial charge in [0.2, 0.25) is 0 Å². The second kappa shape index (κ2) is 7.25. The molecule has 0 radical (unpaired) electrons. The van der Waals surface area contributed by atoms with Crippen molar-refractivity contribution in [3.05, 3.63) is 82.1 Å². The third-order valence-corrected chi connectivity index (χ3v) is 3.58. The second-order valence-corrected chi connectivity index (χ2v) is 5.45. The molecule has 128 valence electrons. The molecule has 0 aliphatic rings. The van der Waals surface area contributed by atoms with E-state index >= 15 is 0 Å². The minimum atomic E-state index is -0.689. The molecular formula is C19H16F2N2O2. The number of halogens is 2. The topological polar surface area (TPSA) is 44.1 Å². The Labute approximate surface area is 143 Å². The van der Waals surface area contributed by atoms with Crippen molar-refractivity contribution in [1.29, 1.82) is 0 Å². The molecule has 0 fully saturated rings. The van der Waals surface area contributed by atoms with Crippen molar-refractivity contribution in [2.75, 3.05) is 6.61 Å². The van der Waals surface area contributed by atoms with Crippen molar-refractivity contribution in [3.8, 4) is 17.0 Å². The molecule has 0 saturated carbocycles. The SMILES string of the molecule is CCOc1ccc(-c2ccc(=O)n(Cc3cc(F)cc(F)c3)n2)cc1. The van der Waals surface area contributed by atoms with Gasteiger partial charge in [0.25, 0.3) is 5.56 Å². The van der Waals surface area contributed by atoms with Gasteiger partial charge in [-0.25, -0.2) is 13.5 Å². The largest absolute Gasteiger partial charge is 0.494 e. The number of hydrogen-bond donors (Lipinski definition) is 0. The van der Waals surface area contributed by atoms with E-state index in [0.717, 1.165) is 17.4 Å². The summed E-state index contributed by atoms with van der Waals surface area (Å²) in [6.07, 6.45) is 0. The Morgan fingerprint density at radius 3 is 2.32 bits per heavy atom. The van der Waals surface area contributed by atoms with E-state index in [1.807, 2.05) is 31.2 Å². The molecule has 4 nitrogen and oxygen atoms in total. The quantitative estimate of drug-likeness (QED) is 0.711. The molecule has 0 aliphatic carbocycles. The molecule has 2 aromatic carbocycles. The Morgan fingerprint density at radius 1 is 1.00 bits per heavy atom. The van der Waals surface area contributed by atoms with Gasteiger partial charge in [0.05, 0.1) is 18.8 Å². The lowest BCUT2D eigenvalue weighted by atomic mass is 10.1. The Morgan fingerprint density at radius 2 is 1.68 bits per heavy atom. The van der Waals surface area contributed by atoms with E-state index in [0.29, 0.717) is 17.9 Å². The molecule has 0 N–H and O–H groups in total. The third-order valence-electron chi connectivity index (χ3n) is 3.58. The molecule has 3 aromatic rings. The van der Waals surface area contributed by atoms with Gasteiger partial charge in [0, 0.05) is 17.7 Å². The van der Waals surface area contributed by atoms with E-state index in [1.54, 1.807) is 6.07 Å². The van der Waals surface area contributed by atoms with Crippen LogP contribution in [0.1, 0.15) is 12.5 Å². The summed E-state index contributed by atoms with van der Waals surface area (Å²) in [7, 11) is 0. The van der Waals surface area contributed by atoms with Crippen LogP contribution in [0.4, 0.5) is 8.78 Å². The van der Waals surface area contributed by atoms with Crippen LogP contribution in [0.25, 0.3) is 11.3 Å². The molecule has 6 heteroatoms. The van der Waals surface area contributed by atoms with Crippen molar-refractivity contribution in [2.45, 2.75) is 13.5 Å². The molecule has 0 unspecified atom stereocenters. The highest BCUT2D eigenvalue weighted by Crippen LogP contribution is 2.20. The molecule has 0 atom stereocenters. The number of benzene rings is 2. The van der Waals surface area contributed by atoms with Crippen molar-refractivity contribution in [2.24, 2.45) is 0 Å². The first kappa shape index (κ1) is 16.8. The number of rotatable bonds is 5. The van der Waals surface area contributed by atoms with Crippen molar-refractivity contribution in [3.63, 3.8) is 0 Å². The molecule has 3 rings (SSSR count). The van der Waals surface area contributed by atoms with E-state index in [1.165, 1.54) is 22.9 Å². The van der Waals surface area contributed by atoms with Crippen molar-refractivity contribution in [1.82, 2.24) is 9.78 Å². The molecule has 0 spiro atoms. The summed E-state index contributed by atoms with van der Waals surface area (Å²) in [4.78, 5) is 12.0. The first-order chi connectivity index (χ1) is 12.0. The summed E-state index contributed by atoms with van der Waals surface area (Å²) >= 11 is 0. The van der Waals surface area contributed by atoms with Crippen LogP contribution in [0.2, 0.25) is 0 Å². The zero-order valence-corrected chi connectivity index (χ0v) is 13.6. The van der Waals surface area contributed by atoms with Crippen molar-refractivity contribution < 1.29 is 13.5 Å². The fraction of sp³-hybridized carbons (Fsp3) is 0.158. The second-order valence-electron chi connectivity index (χ2n) is 5.45. The summed E-state index contributed by atoms with van der Waals surface area (Å²) in [5.74, 6) is -0.633. The summed E-state index contributed by atoms with van der Waals surface area (Å²) in [6, 6.07) is 13.5. The van der Waals surface area contributed by atoms with E-state index in [-0.39, 0.29) is 12.1 Å². The molecule has 0 amide bonds. The minimum absolute atomic E-state index is 0.0155. The Bertz CT molecular complexity index is 917. The normalized spacial score (nSPS) is 10.7. The lowest BCUT2D eigenvalue weighted by Crippen LogP contribution is -2.23. The van der Waals surface area contributed by atoms with E-state index in [4.69, 9.17) is 4.74 Å². The van der Waals surface area contributed by atoms with Gasteiger partial charge in [-0.3, -0.25) is 4.79 Å². The molecule has 0 aliphatic heterocycles. The van der Waals surface area contributed by atoms with E-state index in [9.17, 15) is 13.6 Å². The van der Waals surface area contributed by atoms with E-state index < -0.39 is 11.6 Å². The maximum Gasteiger partial charge on any atom is 0.267 e. The zero-order chi connectivity index (χ0) is 17.8. The van der Waals surface area contributed by atoms with Crippen LogP contribution in [0, 0.1) is 11.6 Å². The number of ether oxygens (including phenoxy) is 1. The van der Waals surface area contributed by atoms with Crippen LogP contribution in [-0.2, 0) is 6.54 Å². The Balaban J connectivity index is 1.91. The molecule has 0 saturated heterocycles. The maximum atomic E-state index is 13.3. The first-order valence-corrected chi connectivity index (χ1v) is 7.81. The molecule has 1 heterocycles. The predicted molar refractivity (Wildman–Crippen MR) is 90.6 cm³/mol. The molecule has 0 bridgehead atoms. The average molecular weight is 342 g/mol. The minimum Gasteiger partial charge on any atom is -0.494 e. The highest BCUT2D eigenvalue weighted by Gasteiger charge is 2.07. The van der Waals surface area contributed by atoms with Crippen LogP contribution in [0.5, 0.6) is 5.75 Å². The number of hydrogen-bond acceptors (Lipinski definition) is 3. The van der Waals surface area contributed by atoms with Crippen LogP contribution in [0.3, 0.4) is 0 Å². The lowest BCUT2D eigenvalue weighted by Gasteiger charge is -2.09. The van der Waals surface area contributed by atoms with Crippen LogP contribution in [-0.4, -0.2) is 16.4 Å². The average Bonchev–Trinajstić information content (AvgIpc) is 2.57. The lowest BCUT2D eigenvalue weighted by molar-refractivity contribution is 0.340. The summed E-state index contributed by atoms with van der Waals surface area (Å²) in [5.41, 5.74) is 1.37. The summed E-state index contributed by atoms with van der Waals surface area (Å²) in [5, 5.41) is 4.29. The van der Waals surface area contributed by atoms with Crippen LogP contribution in [0.15, 0.2) is 59.4 Å². The predicted octanol–water partition coefficient (Wildman–Crippen LogP) is 3.64. The highest BCUT2D eigenvalue weighted by atomic mass is 19.1. The van der Waals surface area contributed by atoms with Gasteiger partial charge >= 0.3 is 0 Å². The Kier molecular flexibility index (Phi) is 4.88. The summed E-state index contributed by atoms with van der Waals surface area (Å²) < 4.78 is 33.2. The zero-order valence-electron chi connectivity index (χ0n) is 13.6. The number of aromatic nitrogens is 2. The fourth-order valence-electron chi connectivity index (χ4n) is 2.48. The maximum absolute atomic E-state index is 13.3. The van der Waals surface area contributed by atoms with Gasteiger partial charge in [0.1, 0.15) is 17.4 Å². The fourth-order valence-corrected chi connectivity index (χ4v) is 2.48. The van der Waals surface area contributed by atoms with Gasteiger partial charge in [-0.1, -0.05) is 0 Å². The van der Waals surface area contributed by atoms with E-state index in [2.05, 4.69) is 5.10 Å². The van der Waals surface area contributed by atoms with Gasteiger partial charge in [-0.2, -0.15) is 5.10 Å². The van der Waals surface area contributed by atoms with Gasteiger partial charge in [0.15, 0.2) is 0 Å². The van der Waals surface area contributed by atoms with Crippen molar-refractivity contribution >= 4 is 0 Å². The summed E-state index contributed by atoms with van der Waals surface area (Å²) in [6.45, 7) is 2.46. The standard InChI is InChI=1S/C19H16F2N2O2/c1-2-25-17-5-3-14(4-6-17)18-7-8-19(24)23(22-18)12-13-9-15(20)11-16(21)10-13/h3-11H,2,12H2,1H3. The Hall–Kier alpha value is -3.02. The van der Waals surface area contributed by atoms with Gasteiger partial charge in [-0.15, -0.1) is 0 Å². The van der Waals surface area contributed by atoms with Crippen LogP contribution < -0.4 is 10.3 Å². The third kappa shape index (κ3) is 4.09. The van der Waals surface area contributed by atoms with Gasteiger partial charge in [-0.05, 0) is 55.0 Å².